The number of amidine groups is 1. The Balaban J connectivity index is 1.56. The van der Waals surface area contributed by atoms with Crippen molar-refractivity contribution < 1.29 is 9.59 Å². The molecule has 152 valence electrons. The Labute approximate surface area is 188 Å². The predicted octanol–water partition coefficient (Wildman–Crippen LogP) is 5.51. The van der Waals surface area contributed by atoms with Gasteiger partial charge in [-0.1, -0.05) is 59.8 Å². The van der Waals surface area contributed by atoms with Gasteiger partial charge in [-0.15, -0.1) is 0 Å². The summed E-state index contributed by atoms with van der Waals surface area (Å²) in [4.78, 5) is 32.3. The third kappa shape index (κ3) is 3.76. The van der Waals surface area contributed by atoms with Crippen LogP contribution < -0.4 is 10.2 Å². The smallest absolute Gasteiger partial charge is 0.256 e. The number of carbonyl (C=O) groups is 2. The predicted molar refractivity (Wildman–Crippen MR) is 127 cm³/mol. The van der Waals surface area contributed by atoms with Crippen LogP contribution in [0.2, 0.25) is 5.02 Å². The first-order chi connectivity index (χ1) is 15.1. The first-order valence-corrected chi connectivity index (χ1v) is 10.9. The molecule has 1 unspecified atom stereocenters. The van der Waals surface area contributed by atoms with E-state index in [1.807, 2.05) is 60.7 Å². The summed E-state index contributed by atoms with van der Waals surface area (Å²) in [6.45, 7) is 0. The van der Waals surface area contributed by atoms with Crippen LogP contribution in [0.15, 0.2) is 89.9 Å². The van der Waals surface area contributed by atoms with Crippen LogP contribution in [0.5, 0.6) is 0 Å². The number of nitrogens with zero attached hydrogens (tertiary/aromatic N) is 2. The van der Waals surface area contributed by atoms with Gasteiger partial charge in [0.1, 0.15) is 5.25 Å². The summed E-state index contributed by atoms with van der Waals surface area (Å²) < 4.78 is 0. The largest absolute Gasteiger partial charge is 0.321 e. The molecule has 0 aromatic heterocycles. The van der Waals surface area contributed by atoms with Crippen molar-refractivity contribution in [1.82, 2.24) is 0 Å². The lowest BCUT2D eigenvalue weighted by molar-refractivity contribution is -0.116. The molecule has 0 spiro atoms. The van der Waals surface area contributed by atoms with E-state index in [2.05, 4.69) is 5.32 Å². The molecule has 5 rings (SSSR count). The number of rotatable bonds is 3. The normalized spacial score (nSPS) is 20.4. The lowest BCUT2D eigenvalue weighted by atomic mass is 10.1. The fraction of sp³-hybridized carbons (Fsp3) is 0.0417. The summed E-state index contributed by atoms with van der Waals surface area (Å²) in [7, 11) is 0. The molecule has 2 heterocycles. The number of thioether (sulfide) groups is 1. The molecule has 1 saturated heterocycles. The van der Waals surface area contributed by atoms with Crippen LogP contribution in [-0.2, 0) is 9.59 Å². The van der Waals surface area contributed by atoms with Gasteiger partial charge in [0.15, 0.2) is 5.17 Å². The Morgan fingerprint density at radius 1 is 0.968 bits per heavy atom. The summed E-state index contributed by atoms with van der Waals surface area (Å²) in [6.07, 6.45) is 1.70. The van der Waals surface area contributed by atoms with Gasteiger partial charge < -0.3 is 5.32 Å². The second kappa shape index (κ2) is 8.06. The molecule has 3 aromatic rings. The average Bonchev–Trinajstić information content (AvgIpc) is 3.25. The molecule has 2 amide bonds. The number of hydrogen-bond acceptors (Lipinski definition) is 4. The molecule has 5 nitrogen and oxygen atoms in total. The minimum atomic E-state index is -0.589. The Hall–Kier alpha value is -3.35. The molecule has 3 aromatic carbocycles. The number of nitrogens with one attached hydrogen (secondary N) is 1. The highest BCUT2D eigenvalue weighted by Crippen LogP contribution is 2.39. The second-order valence-corrected chi connectivity index (χ2v) is 8.55. The average molecular weight is 446 g/mol. The number of fused-ring (bicyclic) bond motifs is 1. The van der Waals surface area contributed by atoms with Crippen molar-refractivity contribution in [2.45, 2.75) is 5.25 Å². The maximum Gasteiger partial charge on any atom is 0.256 e. The van der Waals surface area contributed by atoms with Gasteiger partial charge in [-0.05, 0) is 48.5 Å². The second-order valence-electron chi connectivity index (χ2n) is 7.00. The van der Waals surface area contributed by atoms with Crippen LogP contribution in [0.3, 0.4) is 0 Å². The highest BCUT2D eigenvalue weighted by Gasteiger charge is 2.39. The fourth-order valence-electron chi connectivity index (χ4n) is 3.52. The minimum absolute atomic E-state index is 0.151. The van der Waals surface area contributed by atoms with Crippen molar-refractivity contribution >= 4 is 63.0 Å². The van der Waals surface area contributed by atoms with Crippen LogP contribution in [0.1, 0.15) is 5.56 Å². The Morgan fingerprint density at radius 3 is 2.42 bits per heavy atom. The Kier molecular flexibility index (Phi) is 5.10. The minimum Gasteiger partial charge on any atom is -0.321 e. The van der Waals surface area contributed by atoms with Gasteiger partial charge in [-0.2, -0.15) is 0 Å². The van der Waals surface area contributed by atoms with Crippen LogP contribution in [0.4, 0.5) is 17.1 Å². The highest BCUT2D eigenvalue weighted by molar-refractivity contribution is 8.16. The lowest BCUT2D eigenvalue weighted by Gasteiger charge is -2.16. The zero-order chi connectivity index (χ0) is 21.4. The Bertz CT molecular complexity index is 1240. The van der Waals surface area contributed by atoms with Crippen molar-refractivity contribution in [2.75, 3.05) is 10.2 Å². The standard InChI is InChI=1S/C24H16ClN3O2S/c25-15-11-12-20-18(13-15)19(22(29)27-20)14-21-23(30)28(17-9-5-2-6-10-17)24(31-21)26-16-7-3-1-4-8-16/h1-14,21H,(H,27,29)/b19-14-,26-24?. The van der Waals surface area contributed by atoms with E-state index >= 15 is 0 Å². The molecular formula is C24H16ClN3O2S. The van der Waals surface area contributed by atoms with Gasteiger partial charge in [-0.3, -0.25) is 14.5 Å². The van der Waals surface area contributed by atoms with Gasteiger partial charge in [-0.25, -0.2) is 4.99 Å². The van der Waals surface area contributed by atoms with Crippen LogP contribution in [0.25, 0.3) is 5.57 Å². The van der Waals surface area contributed by atoms with Crippen LogP contribution >= 0.6 is 23.4 Å². The molecule has 2 aliphatic heterocycles. The first-order valence-electron chi connectivity index (χ1n) is 9.63. The first kappa shape index (κ1) is 19.6. The number of hydrogen-bond donors (Lipinski definition) is 1. The molecule has 2 aliphatic rings. The Morgan fingerprint density at radius 2 is 1.68 bits per heavy atom. The third-order valence-corrected chi connectivity index (χ3v) is 6.28. The van der Waals surface area contributed by atoms with Gasteiger partial charge in [0, 0.05) is 21.8 Å². The monoisotopic (exact) mass is 445 g/mol. The lowest BCUT2D eigenvalue weighted by Crippen LogP contribution is -2.31. The quantitative estimate of drug-likeness (QED) is 0.540. The SMILES string of the molecule is O=C1Nc2ccc(Cl)cc2/C1=C/C1SC(=Nc2ccccc2)N(c2ccccc2)C1=O. The van der Waals surface area contributed by atoms with E-state index in [1.165, 1.54) is 11.8 Å². The van der Waals surface area contributed by atoms with E-state index in [0.717, 1.165) is 11.4 Å². The number of para-hydroxylation sites is 2. The van der Waals surface area contributed by atoms with Gasteiger partial charge in [0.25, 0.3) is 11.8 Å². The fourth-order valence-corrected chi connectivity index (χ4v) is 4.79. The van der Waals surface area contributed by atoms with Gasteiger partial charge in [0.2, 0.25) is 0 Å². The van der Waals surface area contributed by atoms with E-state index in [4.69, 9.17) is 16.6 Å². The zero-order valence-corrected chi connectivity index (χ0v) is 17.7. The number of anilines is 2. The van der Waals surface area contributed by atoms with Crippen LogP contribution in [-0.4, -0.2) is 22.2 Å². The molecular weight excluding hydrogens is 430 g/mol. The van der Waals surface area contributed by atoms with E-state index in [0.29, 0.717) is 27.0 Å². The molecule has 0 saturated carbocycles. The molecule has 1 atom stereocenters. The molecule has 1 N–H and O–H groups in total. The summed E-state index contributed by atoms with van der Waals surface area (Å²) in [6, 6.07) is 24.1. The van der Waals surface area contributed by atoms with E-state index < -0.39 is 5.25 Å². The zero-order valence-electron chi connectivity index (χ0n) is 16.2. The van der Waals surface area contributed by atoms with Crippen molar-refractivity contribution in [3.8, 4) is 0 Å². The van der Waals surface area contributed by atoms with Gasteiger partial charge >= 0.3 is 0 Å². The highest BCUT2D eigenvalue weighted by atomic mass is 35.5. The number of aliphatic imine (C=N–C) groups is 1. The molecule has 7 heteroatoms. The third-order valence-electron chi connectivity index (χ3n) is 4.97. The van der Waals surface area contributed by atoms with Crippen molar-refractivity contribution in [2.24, 2.45) is 4.99 Å². The van der Waals surface area contributed by atoms with E-state index in [1.54, 1.807) is 29.2 Å². The molecule has 0 bridgehead atoms. The summed E-state index contributed by atoms with van der Waals surface area (Å²) >= 11 is 7.45. The van der Waals surface area contributed by atoms with Crippen molar-refractivity contribution in [3.05, 3.63) is 95.5 Å². The van der Waals surface area contributed by atoms with Gasteiger partial charge in [0.05, 0.1) is 11.4 Å². The molecule has 0 radical (unpaired) electrons. The number of halogens is 1. The van der Waals surface area contributed by atoms with E-state index in [-0.39, 0.29) is 11.8 Å². The number of carbonyl (C=O) groups excluding carboxylic acids is 2. The molecule has 1 fully saturated rings. The van der Waals surface area contributed by atoms with Crippen molar-refractivity contribution in [3.63, 3.8) is 0 Å². The van der Waals surface area contributed by atoms with E-state index in [9.17, 15) is 9.59 Å². The summed E-state index contributed by atoms with van der Waals surface area (Å²) in [5.74, 6) is -0.396. The molecule has 31 heavy (non-hydrogen) atoms. The summed E-state index contributed by atoms with van der Waals surface area (Å²) in [5, 5.41) is 3.33. The number of benzene rings is 3. The summed E-state index contributed by atoms with van der Waals surface area (Å²) in [5.41, 5.74) is 3.31. The number of amides is 2. The van der Waals surface area contributed by atoms with Crippen LogP contribution in [0, 0.1) is 0 Å². The topological polar surface area (TPSA) is 61.8 Å². The maximum absolute atomic E-state index is 13.4. The van der Waals surface area contributed by atoms with Crippen molar-refractivity contribution in [1.29, 1.82) is 0 Å². The maximum atomic E-state index is 13.4. The molecule has 0 aliphatic carbocycles.